The highest BCUT2D eigenvalue weighted by Gasteiger charge is 2.06. The normalized spacial score (nSPS) is 13.1. The highest BCUT2D eigenvalue weighted by molar-refractivity contribution is 5.72. The van der Waals surface area contributed by atoms with Crippen molar-refractivity contribution >= 4 is 5.97 Å². The van der Waals surface area contributed by atoms with Gasteiger partial charge in [0.2, 0.25) is 0 Å². The Morgan fingerprint density at radius 3 is 2.67 bits per heavy atom. The van der Waals surface area contributed by atoms with Crippen molar-refractivity contribution in [3.05, 3.63) is 0 Å². The van der Waals surface area contributed by atoms with Crippen molar-refractivity contribution in [2.24, 2.45) is 0 Å². The summed E-state index contributed by atoms with van der Waals surface area (Å²) in [5, 5.41) is 11.2. The van der Waals surface area contributed by atoms with Crippen LogP contribution in [0.1, 0.15) is 20.3 Å². The molecule has 3 nitrogen and oxygen atoms in total. The highest BCUT2D eigenvalue weighted by atomic mass is 16.4. The van der Waals surface area contributed by atoms with Crippen LogP contribution in [0.25, 0.3) is 0 Å². The SMILES string of the molecule is CCCNC(C)C(=O)O. The van der Waals surface area contributed by atoms with E-state index in [1.54, 1.807) is 6.92 Å². The molecule has 0 aliphatic carbocycles. The van der Waals surface area contributed by atoms with Crippen LogP contribution in [0.4, 0.5) is 0 Å². The van der Waals surface area contributed by atoms with Crippen molar-refractivity contribution in [3.63, 3.8) is 0 Å². The maximum Gasteiger partial charge on any atom is 0.320 e. The van der Waals surface area contributed by atoms with Gasteiger partial charge in [-0.1, -0.05) is 6.92 Å². The van der Waals surface area contributed by atoms with Gasteiger partial charge >= 0.3 is 5.97 Å². The summed E-state index contributed by atoms with van der Waals surface area (Å²) in [5.74, 6) is -0.788. The van der Waals surface area contributed by atoms with Gasteiger partial charge in [-0.25, -0.2) is 0 Å². The van der Waals surface area contributed by atoms with E-state index in [1.807, 2.05) is 6.92 Å². The zero-order chi connectivity index (χ0) is 7.28. The molecule has 0 aromatic rings. The molecule has 2 N–H and O–H groups in total. The number of rotatable bonds is 4. The molecule has 0 fully saturated rings. The number of carboxylic acids is 1. The Kier molecular flexibility index (Phi) is 4.05. The molecule has 0 spiro atoms. The first-order chi connectivity index (χ1) is 4.18. The molecule has 3 heteroatoms. The van der Waals surface area contributed by atoms with Crippen LogP contribution < -0.4 is 5.32 Å². The number of carboxylic acid groups (broad SMARTS) is 1. The molecular weight excluding hydrogens is 118 g/mol. The molecule has 0 saturated heterocycles. The average molecular weight is 131 g/mol. The van der Waals surface area contributed by atoms with Crippen molar-refractivity contribution in [2.45, 2.75) is 26.3 Å². The van der Waals surface area contributed by atoms with Gasteiger partial charge in [0, 0.05) is 0 Å². The fraction of sp³-hybridized carbons (Fsp3) is 0.833. The van der Waals surface area contributed by atoms with E-state index in [4.69, 9.17) is 5.11 Å². The fourth-order valence-electron chi connectivity index (χ4n) is 0.448. The first kappa shape index (κ1) is 8.43. The lowest BCUT2D eigenvalue weighted by Crippen LogP contribution is -2.33. The average Bonchev–Trinajstić information content (AvgIpc) is 1.82. The third kappa shape index (κ3) is 3.97. The summed E-state index contributed by atoms with van der Waals surface area (Å²) in [6.07, 6.45) is 0.970. The lowest BCUT2D eigenvalue weighted by molar-refractivity contribution is -0.138. The van der Waals surface area contributed by atoms with Crippen LogP contribution >= 0.6 is 0 Å². The van der Waals surface area contributed by atoms with E-state index in [0.717, 1.165) is 13.0 Å². The topological polar surface area (TPSA) is 49.3 Å². The van der Waals surface area contributed by atoms with Crippen molar-refractivity contribution in [2.75, 3.05) is 6.54 Å². The summed E-state index contributed by atoms with van der Waals surface area (Å²) < 4.78 is 0. The summed E-state index contributed by atoms with van der Waals surface area (Å²) in [6.45, 7) is 4.41. The van der Waals surface area contributed by atoms with Crippen LogP contribution in [-0.4, -0.2) is 23.7 Å². The fourth-order valence-corrected chi connectivity index (χ4v) is 0.448. The Labute approximate surface area is 55.1 Å². The molecule has 0 aliphatic rings. The predicted octanol–water partition coefficient (Wildman–Crippen LogP) is 0.459. The summed E-state index contributed by atoms with van der Waals surface area (Å²) >= 11 is 0. The standard InChI is InChI=1S/C6H13NO2/c1-3-4-7-5(2)6(8)9/h5,7H,3-4H2,1-2H3,(H,8,9). The van der Waals surface area contributed by atoms with E-state index < -0.39 is 12.0 Å². The van der Waals surface area contributed by atoms with Gasteiger partial charge < -0.3 is 10.4 Å². The molecule has 0 aliphatic heterocycles. The zero-order valence-electron chi connectivity index (χ0n) is 5.85. The molecule has 0 rings (SSSR count). The monoisotopic (exact) mass is 131 g/mol. The van der Waals surface area contributed by atoms with E-state index in [-0.39, 0.29) is 0 Å². The molecule has 1 unspecified atom stereocenters. The smallest absolute Gasteiger partial charge is 0.320 e. The molecule has 0 radical (unpaired) electrons. The van der Waals surface area contributed by atoms with Crippen LogP contribution in [-0.2, 0) is 4.79 Å². The number of carbonyl (C=O) groups is 1. The van der Waals surface area contributed by atoms with E-state index in [9.17, 15) is 4.79 Å². The van der Waals surface area contributed by atoms with Crippen LogP contribution in [0.2, 0.25) is 0 Å². The van der Waals surface area contributed by atoms with Crippen LogP contribution in [0, 0.1) is 0 Å². The van der Waals surface area contributed by atoms with Gasteiger partial charge in [-0.3, -0.25) is 4.79 Å². The molecule has 0 aromatic carbocycles. The first-order valence-corrected chi connectivity index (χ1v) is 3.14. The Morgan fingerprint density at radius 2 is 2.33 bits per heavy atom. The predicted molar refractivity (Wildman–Crippen MR) is 35.4 cm³/mol. The minimum absolute atomic E-state index is 0.412. The van der Waals surface area contributed by atoms with E-state index in [1.165, 1.54) is 0 Å². The summed E-state index contributed by atoms with van der Waals surface area (Å²) in [7, 11) is 0. The Bertz CT molecular complexity index is 93.1. The van der Waals surface area contributed by atoms with Gasteiger partial charge in [-0.2, -0.15) is 0 Å². The largest absolute Gasteiger partial charge is 0.480 e. The van der Waals surface area contributed by atoms with E-state index >= 15 is 0 Å². The van der Waals surface area contributed by atoms with Gasteiger partial charge in [-0.15, -0.1) is 0 Å². The molecule has 0 amide bonds. The molecule has 0 heterocycles. The maximum absolute atomic E-state index is 10.1. The Hall–Kier alpha value is -0.570. The summed E-state index contributed by atoms with van der Waals surface area (Å²) in [5.41, 5.74) is 0. The quantitative estimate of drug-likeness (QED) is 0.582. The lowest BCUT2D eigenvalue weighted by Gasteiger charge is -2.05. The molecule has 1 atom stereocenters. The second-order valence-corrected chi connectivity index (χ2v) is 2.01. The molecule has 0 aromatic heterocycles. The molecule has 54 valence electrons. The van der Waals surface area contributed by atoms with E-state index in [2.05, 4.69) is 5.32 Å². The van der Waals surface area contributed by atoms with Gasteiger partial charge in [0.15, 0.2) is 0 Å². The summed E-state index contributed by atoms with van der Waals surface area (Å²) in [6, 6.07) is -0.412. The van der Waals surface area contributed by atoms with Gasteiger partial charge in [0.25, 0.3) is 0 Å². The van der Waals surface area contributed by atoms with Crippen LogP contribution in [0.3, 0.4) is 0 Å². The number of hydrogen-bond donors (Lipinski definition) is 2. The van der Waals surface area contributed by atoms with Crippen molar-refractivity contribution in [1.82, 2.24) is 5.32 Å². The second-order valence-electron chi connectivity index (χ2n) is 2.01. The molecule has 0 saturated carbocycles. The maximum atomic E-state index is 10.1. The number of nitrogens with one attached hydrogen (secondary N) is 1. The second kappa shape index (κ2) is 4.32. The van der Waals surface area contributed by atoms with Gasteiger partial charge in [0.1, 0.15) is 6.04 Å². The number of hydrogen-bond acceptors (Lipinski definition) is 2. The Balaban J connectivity index is 3.27. The van der Waals surface area contributed by atoms with Crippen molar-refractivity contribution in [1.29, 1.82) is 0 Å². The molecule has 9 heavy (non-hydrogen) atoms. The minimum atomic E-state index is -0.788. The van der Waals surface area contributed by atoms with Crippen molar-refractivity contribution in [3.8, 4) is 0 Å². The van der Waals surface area contributed by atoms with E-state index in [0.29, 0.717) is 0 Å². The van der Waals surface area contributed by atoms with Gasteiger partial charge in [0.05, 0.1) is 0 Å². The number of aliphatic carboxylic acids is 1. The molecular formula is C6H13NO2. The van der Waals surface area contributed by atoms with Gasteiger partial charge in [-0.05, 0) is 19.9 Å². The zero-order valence-corrected chi connectivity index (χ0v) is 5.85. The third-order valence-electron chi connectivity index (χ3n) is 1.07. The summed E-state index contributed by atoms with van der Waals surface area (Å²) in [4.78, 5) is 10.1. The first-order valence-electron chi connectivity index (χ1n) is 3.14. The van der Waals surface area contributed by atoms with Crippen LogP contribution in [0.15, 0.2) is 0 Å². The third-order valence-corrected chi connectivity index (χ3v) is 1.07. The van der Waals surface area contributed by atoms with Crippen LogP contribution in [0.5, 0.6) is 0 Å². The van der Waals surface area contributed by atoms with Crippen molar-refractivity contribution < 1.29 is 9.90 Å². The minimum Gasteiger partial charge on any atom is -0.480 e. The lowest BCUT2D eigenvalue weighted by atomic mass is 10.3. The Morgan fingerprint density at radius 1 is 1.78 bits per heavy atom. The molecule has 0 bridgehead atoms. The highest BCUT2D eigenvalue weighted by Crippen LogP contribution is 1.80.